The lowest BCUT2D eigenvalue weighted by molar-refractivity contribution is 0.174. The van der Waals surface area contributed by atoms with Gasteiger partial charge in [0.15, 0.2) is 0 Å². The lowest BCUT2D eigenvalue weighted by atomic mass is 10.1. The number of halogens is 1. The second-order valence-electron chi connectivity index (χ2n) is 7.13. The minimum absolute atomic E-state index is 0.0316. The van der Waals surface area contributed by atoms with Crippen LogP contribution in [0, 0.1) is 5.92 Å². The van der Waals surface area contributed by atoms with E-state index in [2.05, 4.69) is 41.3 Å². The molecule has 1 aromatic heterocycles. The van der Waals surface area contributed by atoms with Crippen LogP contribution in [0.2, 0.25) is 0 Å². The Bertz CT molecular complexity index is 925. The number of anilines is 3. The van der Waals surface area contributed by atoms with E-state index >= 15 is 0 Å². The summed E-state index contributed by atoms with van der Waals surface area (Å²) in [6.45, 7) is 5.70. The molecule has 0 fully saturated rings. The predicted molar refractivity (Wildman–Crippen MR) is 120 cm³/mol. The summed E-state index contributed by atoms with van der Waals surface area (Å²) in [5.41, 5.74) is 0.610. The van der Waals surface area contributed by atoms with E-state index < -0.39 is 16.1 Å². The van der Waals surface area contributed by atoms with Gasteiger partial charge in [0.05, 0.1) is 28.1 Å². The van der Waals surface area contributed by atoms with Crippen molar-refractivity contribution in [1.29, 1.82) is 0 Å². The fourth-order valence-electron chi connectivity index (χ4n) is 2.41. The van der Waals surface area contributed by atoms with Gasteiger partial charge in [-0.1, -0.05) is 20.8 Å². The van der Waals surface area contributed by atoms with Crippen LogP contribution in [0.15, 0.2) is 39.8 Å². The molecule has 166 valence electrons. The van der Waals surface area contributed by atoms with Crippen LogP contribution in [0.1, 0.15) is 27.2 Å². The zero-order valence-electron chi connectivity index (χ0n) is 17.1. The molecule has 0 spiro atoms. The van der Waals surface area contributed by atoms with Gasteiger partial charge in [-0.15, -0.1) is 0 Å². The number of rotatable bonds is 11. The number of hydrogen-bond donors (Lipinski definition) is 5. The highest BCUT2D eigenvalue weighted by Crippen LogP contribution is 2.24. The number of hydrogen-bond acceptors (Lipinski definition) is 8. The van der Waals surface area contributed by atoms with Crippen LogP contribution < -0.4 is 15.4 Å². The van der Waals surface area contributed by atoms with Gasteiger partial charge in [0.25, 0.3) is 0 Å². The molecule has 1 aromatic carbocycles. The first-order valence-electron chi connectivity index (χ1n) is 9.61. The molecule has 2 atom stereocenters. The fraction of sp³-hybridized carbons (Fsp3) is 0.474. The molecule has 0 saturated carbocycles. The Morgan fingerprint density at radius 1 is 1.20 bits per heavy atom. The number of sulfonamides is 1. The maximum absolute atomic E-state index is 12.3. The first-order chi connectivity index (χ1) is 14.2. The summed E-state index contributed by atoms with van der Waals surface area (Å²) in [7, 11) is -3.70. The summed E-state index contributed by atoms with van der Waals surface area (Å²) in [5.74, 6) is 1.06. The van der Waals surface area contributed by atoms with E-state index in [4.69, 9.17) is 0 Å². The molecule has 0 aliphatic carbocycles. The molecule has 0 amide bonds. The van der Waals surface area contributed by atoms with Crippen LogP contribution in [-0.4, -0.2) is 53.9 Å². The van der Waals surface area contributed by atoms with E-state index in [1.54, 1.807) is 25.3 Å². The van der Waals surface area contributed by atoms with Crippen LogP contribution in [0.3, 0.4) is 0 Å². The van der Waals surface area contributed by atoms with Gasteiger partial charge in [-0.05, 0) is 52.5 Å². The number of aliphatic hydroxyl groups excluding tert-OH is 2. The van der Waals surface area contributed by atoms with Crippen LogP contribution in [-0.2, 0) is 10.0 Å². The van der Waals surface area contributed by atoms with E-state index in [9.17, 15) is 18.6 Å². The molecule has 0 aliphatic heterocycles. The summed E-state index contributed by atoms with van der Waals surface area (Å²) < 4.78 is 27.6. The molecule has 0 radical (unpaired) electrons. The van der Waals surface area contributed by atoms with Crippen molar-refractivity contribution < 1.29 is 18.6 Å². The van der Waals surface area contributed by atoms with Crippen molar-refractivity contribution in [3.05, 3.63) is 34.9 Å². The summed E-state index contributed by atoms with van der Waals surface area (Å²) in [4.78, 5) is 8.72. The molecule has 0 aliphatic rings. The third-order valence-corrected chi connectivity index (χ3v) is 6.49. The van der Waals surface area contributed by atoms with E-state index in [1.165, 1.54) is 12.1 Å². The Morgan fingerprint density at radius 2 is 1.87 bits per heavy atom. The lowest BCUT2D eigenvalue weighted by Crippen LogP contribution is -2.31. The molecule has 30 heavy (non-hydrogen) atoms. The van der Waals surface area contributed by atoms with Crippen molar-refractivity contribution in [1.82, 2.24) is 14.7 Å². The Kier molecular flexibility index (Phi) is 8.98. The van der Waals surface area contributed by atoms with Gasteiger partial charge in [0, 0.05) is 18.4 Å². The maximum Gasteiger partial charge on any atom is 0.240 e. The number of nitrogens with one attached hydrogen (secondary N) is 3. The van der Waals surface area contributed by atoms with E-state index in [-0.39, 0.29) is 30.0 Å². The molecule has 2 rings (SSSR count). The molecule has 0 bridgehead atoms. The van der Waals surface area contributed by atoms with Gasteiger partial charge in [0.1, 0.15) is 5.82 Å². The molecule has 1 unspecified atom stereocenters. The van der Waals surface area contributed by atoms with Crippen LogP contribution >= 0.6 is 15.9 Å². The van der Waals surface area contributed by atoms with Crippen molar-refractivity contribution >= 4 is 43.4 Å². The number of benzene rings is 1. The molecular formula is C19H28BrN5O4S. The van der Waals surface area contributed by atoms with Gasteiger partial charge in [-0.2, -0.15) is 4.98 Å². The number of aliphatic hydroxyl groups is 2. The largest absolute Gasteiger partial charge is 0.394 e. The van der Waals surface area contributed by atoms with Gasteiger partial charge in [-0.25, -0.2) is 18.1 Å². The predicted octanol–water partition coefficient (Wildman–Crippen LogP) is 2.46. The average Bonchev–Trinajstić information content (AvgIpc) is 2.72. The van der Waals surface area contributed by atoms with Gasteiger partial charge < -0.3 is 20.8 Å². The molecule has 5 N–H and O–H groups in total. The summed E-state index contributed by atoms with van der Waals surface area (Å²) in [6, 6.07) is 5.97. The summed E-state index contributed by atoms with van der Waals surface area (Å²) in [6.07, 6.45) is 1.33. The Balaban J connectivity index is 2.11. The third kappa shape index (κ3) is 6.88. The monoisotopic (exact) mass is 501 g/mol. The highest BCUT2D eigenvalue weighted by molar-refractivity contribution is 9.10. The minimum Gasteiger partial charge on any atom is -0.394 e. The molecule has 0 saturated heterocycles. The number of nitrogens with zero attached hydrogens (tertiary/aromatic N) is 2. The Labute approximate surface area is 185 Å². The lowest BCUT2D eigenvalue weighted by Gasteiger charge is -2.21. The van der Waals surface area contributed by atoms with Gasteiger partial charge in [-0.3, -0.25) is 0 Å². The highest BCUT2D eigenvalue weighted by atomic mass is 79.9. The fourth-order valence-corrected chi connectivity index (χ4v) is 3.79. The summed E-state index contributed by atoms with van der Waals surface area (Å²) in [5, 5.41) is 25.3. The molecular weight excluding hydrogens is 474 g/mol. The van der Waals surface area contributed by atoms with Crippen molar-refractivity contribution in [2.24, 2.45) is 5.92 Å². The first-order valence-corrected chi connectivity index (χ1v) is 11.9. The van der Waals surface area contributed by atoms with Gasteiger partial charge in [0.2, 0.25) is 16.0 Å². The van der Waals surface area contributed by atoms with Crippen molar-refractivity contribution in [3.63, 3.8) is 0 Å². The highest BCUT2D eigenvalue weighted by Gasteiger charge is 2.17. The standard InChI is InChI=1S/C19H28BrN5O4S/c1-4-14(27)9-22-30(28,29)15-7-5-13(6-8-15)23-19-21-10-16(20)18(25-19)24-17(11-26)12(2)3/h5-8,10,12,14,17,22,26-27H,4,9,11H2,1-3H3,(H2,21,23,24,25)/t14?,17-/m0/s1. The summed E-state index contributed by atoms with van der Waals surface area (Å²) >= 11 is 3.40. The normalized spacial score (nSPS) is 13.8. The quantitative estimate of drug-likeness (QED) is 0.316. The Hall–Kier alpha value is -1.79. The van der Waals surface area contributed by atoms with Crippen LogP contribution in [0.5, 0.6) is 0 Å². The second kappa shape index (κ2) is 11.0. The average molecular weight is 502 g/mol. The van der Waals surface area contributed by atoms with E-state index in [0.29, 0.717) is 28.3 Å². The van der Waals surface area contributed by atoms with Crippen LogP contribution in [0.4, 0.5) is 17.5 Å². The van der Waals surface area contributed by atoms with E-state index in [1.807, 2.05) is 13.8 Å². The van der Waals surface area contributed by atoms with Gasteiger partial charge >= 0.3 is 0 Å². The topological polar surface area (TPSA) is 136 Å². The molecule has 2 aromatic rings. The van der Waals surface area contributed by atoms with Crippen molar-refractivity contribution in [2.45, 2.75) is 44.2 Å². The molecule has 1 heterocycles. The zero-order valence-corrected chi connectivity index (χ0v) is 19.5. The van der Waals surface area contributed by atoms with Crippen LogP contribution in [0.25, 0.3) is 0 Å². The Morgan fingerprint density at radius 3 is 2.43 bits per heavy atom. The van der Waals surface area contributed by atoms with Crippen molar-refractivity contribution in [2.75, 3.05) is 23.8 Å². The number of aromatic nitrogens is 2. The third-order valence-electron chi connectivity index (χ3n) is 4.47. The zero-order chi connectivity index (χ0) is 22.3. The molecule has 11 heteroatoms. The minimum atomic E-state index is -3.70. The second-order valence-corrected chi connectivity index (χ2v) is 9.75. The maximum atomic E-state index is 12.3. The first kappa shape index (κ1) is 24.5. The van der Waals surface area contributed by atoms with E-state index in [0.717, 1.165) is 0 Å². The smallest absolute Gasteiger partial charge is 0.240 e. The SMILES string of the molecule is CCC(O)CNS(=O)(=O)c1ccc(Nc2ncc(Br)c(N[C@@H](CO)C(C)C)n2)cc1. The molecule has 9 nitrogen and oxygen atoms in total. The van der Waals surface area contributed by atoms with Crippen molar-refractivity contribution in [3.8, 4) is 0 Å².